The zero-order chi connectivity index (χ0) is 19.6. The Morgan fingerprint density at radius 1 is 1.11 bits per heavy atom. The first kappa shape index (κ1) is 18.9. The van der Waals surface area contributed by atoms with Crippen molar-refractivity contribution < 1.29 is 9.18 Å². The highest BCUT2D eigenvalue weighted by molar-refractivity contribution is 5.75. The first-order valence-electron chi connectivity index (χ1n) is 10.3. The molecule has 1 aliphatic carbocycles. The van der Waals surface area contributed by atoms with Gasteiger partial charge in [-0.15, -0.1) is 0 Å². The Balaban J connectivity index is 1.44. The Kier molecular flexibility index (Phi) is 5.33. The minimum Gasteiger partial charge on any atom is -0.354 e. The van der Waals surface area contributed by atoms with E-state index in [2.05, 4.69) is 10.4 Å². The van der Waals surface area contributed by atoms with E-state index >= 15 is 0 Å². The molecule has 150 valence electrons. The van der Waals surface area contributed by atoms with Crippen LogP contribution >= 0.6 is 0 Å². The summed E-state index contributed by atoms with van der Waals surface area (Å²) >= 11 is 0. The Morgan fingerprint density at radius 2 is 1.86 bits per heavy atom. The molecule has 2 aromatic rings. The van der Waals surface area contributed by atoms with Crippen LogP contribution in [0.5, 0.6) is 0 Å². The highest BCUT2D eigenvalue weighted by Gasteiger charge is 2.36. The second kappa shape index (κ2) is 7.89. The smallest absolute Gasteiger partial charge is 0.346 e. The van der Waals surface area contributed by atoms with Crippen molar-refractivity contribution in [3.63, 3.8) is 0 Å². The van der Waals surface area contributed by atoms with Crippen molar-refractivity contribution in [2.75, 3.05) is 6.54 Å². The van der Waals surface area contributed by atoms with E-state index in [9.17, 15) is 14.0 Å². The normalized spacial score (nSPS) is 18.5. The summed E-state index contributed by atoms with van der Waals surface area (Å²) in [4.78, 5) is 25.1. The van der Waals surface area contributed by atoms with Crippen molar-refractivity contribution in [2.24, 2.45) is 0 Å². The first-order chi connectivity index (χ1) is 13.6. The van der Waals surface area contributed by atoms with Crippen LogP contribution in [0, 0.1) is 5.82 Å². The summed E-state index contributed by atoms with van der Waals surface area (Å²) < 4.78 is 16.3. The van der Waals surface area contributed by atoms with Crippen molar-refractivity contribution in [3.8, 4) is 0 Å². The lowest BCUT2D eigenvalue weighted by Crippen LogP contribution is -2.41. The summed E-state index contributed by atoms with van der Waals surface area (Å²) in [7, 11) is 0. The number of carbonyl (C=O) groups is 1. The molecule has 6 nitrogen and oxygen atoms in total. The van der Waals surface area contributed by atoms with Gasteiger partial charge in [-0.3, -0.25) is 9.36 Å². The van der Waals surface area contributed by atoms with E-state index in [4.69, 9.17) is 0 Å². The van der Waals surface area contributed by atoms with E-state index < -0.39 is 0 Å². The van der Waals surface area contributed by atoms with Crippen LogP contribution in [0.15, 0.2) is 29.1 Å². The maximum Gasteiger partial charge on any atom is 0.346 e. The predicted molar refractivity (Wildman–Crippen MR) is 104 cm³/mol. The quantitative estimate of drug-likeness (QED) is 0.859. The third-order valence-electron chi connectivity index (χ3n) is 6.22. The topological polar surface area (TPSA) is 68.9 Å². The Bertz CT molecular complexity index is 894. The van der Waals surface area contributed by atoms with Gasteiger partial charge in [0.2, 0.25) is 5.91 Å². The second-order valence-electron chi connectivity index (χ2n) is 8.09. The second-order valence-corrected chi connectivity index (χ2v) is 8.09. The fourth-order valence-electron chi connectivity index (χ4n) is 4.61. The number of amides is 1. The highest BCUT2D eigenvalue weighted by Crippen LogP contribution is 2.40. The summed E-state index contributed by atoms with van der Waals surface area (Å²) in [5.74, 6) is 0.331. The largest absolute Gasteiger partial charge is 0.354 e. The molecule has 1 saturated carbocycles. The molecule has 1 aliphatic heterocycles. The van der Waals surface area contributed by atoms with Crippen molar-refractivity contribution in [3.05, 3.63) is 52.0 Å². The lowest BCUT2D eigenvalue weighted by molar-refractivity contribution is -0.122. The minimum absolute atomic E-state index is 0.0572. The molecule has 0 spiro atoms. The van der Waals surface area contributed by atoms with Gasteiger partial charge < -0.3 is 5.32 Å². The lowest BCUT2D eigenvalue weighted by atomic mass is 9.79. The number of aryl methyl sites for hydroxylation is 1. The number of nitrogens with one attached hydrogen (secondary N) is 1. The van der Waals surface area contributed by atoms with Gasteiger partial charge in [0.1, 0.15) is 18.2 Å². The third-order valence-corrected chi connectivity index (χ3v) is 6.22. The molecule has 0 unspecified atom stereocenters. The van der Waals surface area contributed by atoms with Gasteiger partial charge in [-0.05, 0) is 43.4 Å². The van der Waals surface area contributed by atoms with Crippen LogP contribution in [0.3, 0.4) is 0 Å². The summed E-state index contributed by atoms with van der Waals surface area (Å²) in [6.45, 7) is 1.13. The molecule has 0 atom stereocenters. The highest BCUT2D eigenvalue weighted by atomic mass is 19.1. The van der Waals surface area contributed by atoms with E-state index in [0.29, 0.717) is 13.1 Å². The summed E-state index contributed by atoms with van der Waals surface area (Å²) in [6.07, 6.45) is 8.04. The molecule has 4 rings (SSSR count). The van der Waals surface area contributed by atoms with Crippen molar-refractivity contribution in [1.29, 1.82) is 0 Å². The van der Waals surface area contributed by atoms with Crippen LogP contribution in [-0.2, 0) is 29.7 Å². The molecule has 28 heavy (non-hydrogen) atoms. The number of aromatic nitrogens is 3. The van der Waals surface area contributed by atoms with Gasteiger partial charge in [-0.2, -0.15) is 5.10 Å². The Labute approximate surface area is 163 Å². The molecule has 0 radical (unpaired) electrons. The molecular formula is C21H27FN4O2. The molecule has 2 heterocycles. The molecule has 1 aromatic heterocycles. The van der Waals surface area contributed by atoms with Gasteiger partial charge in [0, 0.05) is 24.9 Å². The fraction of sp³-hybridized carbons (Fsp3) is 0.571. The third kappa shape index (κ3) is 3.75. The van der Waals surface area contributed by atoms with Crippen LogP contribution < -0.4 is 11.0 Å². The van der Waals surface area contributed by atoms with Crippen molar-refractivity contribution in [1.82, 2.24) is 19.7 Å². The van der Waals surface area contributed by atoms with Crippen LogP contribution in [0.25, 0.3) is 0 Å². The Hall–Kier alpha value is -2.44. The summed E-state index contributed by atoms with van der Waals surface area (Å²) in [6, 6.07) is 6.61. The average molecular weight is 386 g/mol. The predicted octanol–water partition coefficient (Wildman–Crippen LogP) is 2.54. The van der Waals surface area contributed by atoms with Crippen molar-refractivity contribution in [2.45, 2.75) is 69.9 Å². The maximum atomic E-state index is 13.3. The molecule has 1 N–H and O–H groups in total. The molecule has 7 heteroatoms. The molecule has 0 saturated heterocycles. The van der Waals surface area contributed by atoms with Gasteiger partial charge in [-0.1, -0.05) is 31.4 Å². The van der Waals surface area contributed by atoms with E-state index in [-0.39, 0.29) is 29.4 Å². The molecule has 1 aromatic carbocycles. The van der Waals surface area contributed by atoms with Crippen LogP contribution in [0.1, 0.15) is 56.3 Å². The maximum absolute atomic E-state index is 13.3. The number of rotatable bonds is 5. The van der Waals surface area contributed by atoms with E-state index in [0.717, 1.165) is 62.8 Å². The number of nitrogens with zero attached hydrogens (tertiary/aromatic N) is 3. The number of benzene rings is 1. The van der Waals surface area contributed by atoms with Gasteiger partial charge in [-0.25, -0.2) is 13.9 Å². The van der Waals surface area contributed by atoms with Gasteiger partial charge in [0.15, 0.2) is 0 Å². The number of fused-ring (bicyclic) bond motifs is 1. The molecule has 1 amide bonds. The standard InChI is InChI=1S/C21H27FN4O2/c22-17-9-7-16(8-10-17)21(11-3-4-12-21)15-23-19(27)14-26-20(28)25-13-5-1-2-6-18(25)24-26/h7-10H,1-6,11-15H2,(H,23,27). The molecule has 1 fully saturated rings. The number of halogens is 1. The number of hydrogen-bond acceptors (Lipinski definition) is 3. The number of carbonyl (C=O) groups excluding carboxylic acids is 1. The van der Waals surface area contributed by atoms with E-state index in [1.807, 2.05) is 12.1 Å². The van der Waals surface area contributed by atoms with E-state index in [1.165, 1.54) is 16.8 Å². The van der Waals surface area contributed by atoms with Gasteiger partial charge >= 0.3 is 5.69 Å². The van der Waals surface area contributed by atoms with Crippen LogP contribution in [-0.4, -0.2) is 26.8 Å². The van der Waals surface area contributed by atoms with E-state index in [1.54, 1.807) is 4.57 Å². The van der Waals surface area contributed by atoms with Gasteiger partial charge in [0.25, 0.3) is 0 Å². The first-order valence-corrected chi connectivity index (χ1v) is 10.3. The minimum atomic E-state index is -0.250. The van der Waals surface area contributed by atoms with Crippen LogP contribution in [0.4, 0.5) is 4.39 Å². The van der Waals surface area contributed by atoms with Crippen LogP contribution in [0.2, 0.25) is 0 Å². The fourth-order valence-corrected chi connectivity index (χ4v) is 4.61. The zero-order valence-electron chi connectivity index (χ0n) is 16.1. The summed E-state index contributed by atoms with van der Waals surface area (Å²) in [5.41, 5.74) is 0.721. The molecular weight excluding hydrogens is 359 g/mol. The zero-order valence-corrected chi connectivity index (χ0v) is 16.1. The monoisotopic (exact) mass is 386 g/mol. The molecule has 2 aliphatic rings. The number of hydrogen-bond donors (Lipinski definition) is 1. The summed E-state index contributed by atoms with van der Waals surface area (Å²) in [5, 5.41) is 7.39. The Morgan fingerprint density at radius 3 is 2.61 bits per heavy atom. The lowest BCUT2D eigenvalue weighted by Gasteiger charge is -2.30. The molecule has 0 bridgehead atoms. The SMILES string of the molecule is O=C(Cn1nc2n(c1=O)CCCCC2)NCC1(c2ccc(F)cc2)CCCC1. The van der Waals surface area contributed by atoms with Crippen molar-refractivity contribution >= 4 is 5.91 Å². The van der Waals surface area contributed by atoms with Gasteiger partial charge in [0.05, 0.1) is 0 Å². The average Bonchev–Trinajstić information content (AvgIpc) is 3.20.